The average molecular weight is 470 g/mol. The number of aromatic nitrogens is 2. The van der Waals surface area contributed by atoms with Crippen LogP contribution in [0.4, 0.5) is 13.2 Å². The Bertz CT molecular complexity index is 1280. The minimum Gasteiger partial charge on any atom is -0.406 e. The molecule has 0 atom stereocenters. The summed E-state index contributed by atoms with van der Waals surface area (Å²) in [5, 5.41) is 4.94. The molecule has 0 saturated heterocycles. The third-order valence-electron chi connectivity index (χ3n) is 5.89. The lowest BCUT2D eigenvalue weighted by Crippen LogP contribution is -2.38. The second-order valence-electron chi connectivity index (χ2n) is 8.03. The summed E-state index contributed by atoms with van der Waals surface area (Å²) in [5.41, 5.74) is 3.64. The molecule has 1 aromatic heterocycles. The van der Waals surface area contributed by atoms with Crippen LogP contribution in [0.5, 0.6) is 5.75 Å². The molecule has 6 heteroatoms. The minimum atomic E-state index is -4.73. The van der Waals surface area contributed by atoms with E-state index in [2.05, 4.69) is 41.1 Å². The van der Waals surface area contributed by atoms with Crippen LogP contribution in [0.2, 0.25) is 0 Å². The van der Waals surface area contributed by atoms with E-state index in [-0.39, 0.29) is 5.75 Å². The van der Waals surface area contributed by atoms with Gasteiger partial charge in [-0.3, -0.25) is 4.68 Å². The highest BCUT2D eigenvalue weighted by atomic mass is 19.4. The summed E-state index contributed by atoms with van der Waals surface area (Å²) in [6.45, 7) is 0. The SMILES string of the molecule is FC(F)(F)Oc1ccc(-c2ccn(C(c3ccccc3)(c3ccccc3)c3ccccc3)n2)cc1. The molecule has 0 aliphatic heterocycles. The summed E-state index contributed by atoms with van der Waals surface area (Å²) >= 11 is 0. The van der Waals surface area contributed by atoms with Crippen LogP contribution in [0, 0.1) is 0 Å². The van der Waals surface area contributed by atoms with Crippen molar-refractivity contribution in [1.29, 1.82) is 0 Å². The van der Waals surface area contributed by atoms with Gasteiger partial charge in [-0.1, -0.05) is 91.0 Å². The van der Waals surface area contributed by atoms with Gasteiger partial charge < -0.3 is 4.74 Å². The Labute approximate surface area is 201 Å². The first-order valence-corrected chi connectivity index (χ1v) is 11.1. The minimum absolute atomic E-state index is 0.270. The summed E-state index contributed by atoms with van der Waals surface area (Å²) in [6.07, 6.45) is -2.83. The summed E-state index contributed by atoms with van der Waals surface area (Å²) in [7, 11) is 0. The molecule has 5 aromatic rings. The van der Waals surface area contributed by atoms with Gasteiger partial charge in [0.05, 0.1) is 5.69 Å². The van der Waals surface area contributed by atoms with E-state index in [0.29, 0.717) is 11.3 Å². The molecule has 3 nitrogen and oxygen atoms in total. The number of halogens is 3. The Morgan fingerprint density at radius 2 is 1.03 bits per heavy atom. The monoisotopic (exact) mass is 470 g/mol. The fraction of sp³-hybridized carbons (Fsp3) is 0.0690. The van der Waals surface area contributed by atoms with Gasteiger partial charge in [-0.2, -0.15) is 5.10 Å². The molecule has 0 fully saturated rings. The van der Waals surface area contributed by atoms with E-state index in [4.69, 9.17) is 5.10 Å². The standard InChI is InChI=1S/C29H21F3N2O/c30-29(31,32)35-26-18-16-22(17-19-26)27-20-21-34(33-27)28(23-10-4-1-5-11-23,24-12-6-2-7-13-24)25-14-8-3-9-15-25/h1-21H. The van der Waals surface area contributed by atoms with Gasteiger partial charge in [-0.25, -0.2) is 0 Å². The van der Waals surface area contributed by atoms with Crippen LogP contribution in [0.1, 0.15) is 16.7 Å². The maximum Gasteiger partial charge on any atom is 0.573 e. The van der Waals surface area contributed by atoms with Crippen LogP contribution < -0.4 is 4.74 Å². The number of alkyl halides is 3. The molecule has 1 heterocycles. The van der Waals surface area contributed by atoms with Gasteiger partial charge in [0.25, 0.3) is 0 Å². The lowest BCUT2D eigenvalue weighted by molar-refractivity contribution is -0.274. The smallest absolute Gasteiger partial charge is 0.406 e. The molecule has 0 aliphatic rings. The maximum atomic E-state index is 12.5. The molecule has 174 valence electrons. The first kappa shape index (κ1) is 22.5. The predicted octanol–water partition coefficient (Wildman–Crippen LogP) is 7.29. The molecule has 0 aliphatic carbocycles. The van der Waals surface area contributed by atoms with Crippen LogP contribution >= 0.6 is 0 Å². The van der Waals surface area contributed by atoms with Crippen LogP contribution in [0.3, 0.4) is 0 Å². The van der Waals surface area contributed by atoms with E-state index in [1.165, 1.54) is 12.1 Å². The second kappa shape index (κ2) is 9.14. The summed E-state index contributed by atoms with van der Waals surface area (Å²) in [4.78, 5) is 0. The third kappa shape index (κ3) is 4.43. The van der Waals surface area contributed by atoms with Crippen LogP contribution in [0.25, 0.3) is 11.3 Å². The van der Waals surface area contributed by atoms with Crippen molar-refractivity contribution in [2.75, 3.05) is 0 Å². The lowest BCUT2D eigenvalue weighted by atomic mass is 9.77. The number of rotatable bonds is 6. The number of ether oxygens (including phenoxy) is 1. The van der Waals surface area contributed by atoms with Crippen molar-refractivity contribution in [2.24, 2.45) is 0 Å². The molecule has 0 unspecified atom stereocenters. The van der Waals surface area contributed by atoms with E-state index in [0.717, 1.165) is 16.7 Å². The number of benzene rings is 4. The van der Waals surface area contributed by atoms with Gasteiger partial charge in [-0.15, -0.1) is 13.2 Å². The fourth-order valence-corrected chi connectivity index (χ4v) is 4.43. The number of nitrogens with zero attached hydrogens (tertiary/aromatic N) is 2. The van der Waals surface area contributed by atoms with Crippen molar-refractivity contribution in [3.63, 3.8) is 0 Å². The molecular formula is C29H21F3N2O. The molecule has 4 aromatic carbocycles. The van der Waals surface area contributed by atoms with Crippen molar-refractivity contribution in [3.05, 3.63) is 144 Å². The quantitative estimate of drug-likeness (QED) is 0.244. The van der Waals surface area contributed by atoms with Gasteiger partial charge >= 0.3 is 6.36 Å². The first-order chi connectivity index (χ1) is 17.0. The highest BCUT2D eigenvalue weighted by Crippen LogP contribution is 2.41. The zero-order valence-electron chi connectivity index (χ0n) is 18.6. The Kier molecular flexibility index (Phi) is 5.87. The molecule has 0 saturated carbocycles. The van der Waals surface area contributed by atoms with Gasteiger partial charge in [0.1, 0.15) is 11.3 Å². The van der Waals surface area contributed by atoms with Gasteiger partial charge in [0.2, 0.25) is 0 Å². The first-order valence-electron chi connectivity index (χ1n) is 11.1. The van der Waals surface area contributed by atoms with Crippen LogP contribution in [-0.4, -0.2) is 16.1 Å². The Morgan fingerprint density at radius 3 is 1.46 bits per heavy atom. The molecule has 35 heavy (non-hydrogen) atoms. The molecule has 0 bridgehead atoms. The highest BCUT2D eigenvalue weighted by Gasteiger charge is 2.39. The van der Waals surface area contributed by atoms with Gasteiger partial charge in [0, 0.05) is 11.8 Å². The van der Waals surface area contributed by atoms with Crippen molar-refractivity contribution < 1.29 is 17.9 Å². The van der Waals surface area contributed by atoms with E-state index in [1.54, 1.807) is 12.1 Å². The van der Waals surface area contributed by atoms with E-state index in [9.17, 15) is 13.2 Å². The van der Waals surface area contributed by atoms with E-state index < -0.39 is 11.9 Å². The van der Waals surface area contributed by atoms with Crippen molar-refractivity contribution in [1.82, 2.24) is 9.78 Å². The largest absolute Gasteiger partial charge is 0.573 e. The highest BCUT2D eigenvalue weighted by molar-refractivity contribution is 5.60. The molecule has 5 rings (SSSR count). The zero-order valence-corrected chi connectivity index (χ0v) is 18.6. The number of hydrogen-bond donors (Lipinski definition) is 0. The lowest BCUT2D eigenvalue weighted by Gasteiger charge is -2.36. The van der Waals surface area contributed by atoms with Crippen LogP contribution in [-0.2, 0) is 5.54 Å². The summed E-state index contributed by atoms with van der Waals surface area (Å²) in [6, 6.07) is 38.0. The molecule has 0 amide bonds. The van der Waals surface area contributed by atoms with Crippen molar-refractivity contribution >= 4 is 0 Å². The molecule has 0 spiro atoms. The zero-order chi connectivity index (χ0) is 24.3. The Balaban J connectivity index is 1.67. The fourth-order valence-electron chi connectivity index (χ4n) is 4.43. The third-order valence-corrected chi connectivity index (χ3v) is 5.89. The van der Waals surface area contributed by atoms with E-state index >= 15 is 0 Å². The number of hydrogen-bond acceptors (Lipinski definition) is 2. The van der Waals surface area contributed by atoms with Gasteiger partial charge in [0.15, 0.2) is 0 Å². The molecule has 0 radical (unpaired) electrons. The van der Waals surface area contributed by atoms with E-state index in [1.807, 2.05) is 71.5 Å². The average Bonchev–Trinajstić information content (AvgIpc) is 3.37. The molecule has 0 N–H and O–H groups in total. The molecular weight excluding hydrogens is 449 g/mol. The summed E-state index contributed by atoms with van der Waals surface area (Å²) in [5.74, 6) is -0.270. The van der Waals surface area contributed by atoms with Crippen LogP contribution in [0.15, 0.2) is 128 Å². The van der Waals surface area contributed by atoms with Crippen molar-refractivity contribution in [3.8, 4) is 17.0 Å². The topological polar surface area (TPSA) is 27.1 Å². The van der Waals surface area contributed by atoms with Gasteiger partial charge in [-0.05, 0) is 47.0 Å². The summed E-state index contributed by atoms with van der Waals surface area (Å²) < 4.78 is 43.6. The normalized spacial score (nSPS) is 11.9. The predicted molar refractivity (Wildman–Crippen MR) is 129 cm³/mol. The van der Waals surface area contributed by atoms with Crippen molar-refractivity contribution in [2.45, 2.75) is 11.9 Å². The Hall–Kier alpha value is -4.32. The second-order valence-corrected chi connectivity index (χ2v) is 8.03. The Morgan fingerprint density at radius 1 is 0.571 bits per heavy atom. The maximum absolute atomic E-state index is 12.5.